The van der Waals surface area contributed by atoms with Crippen LogP contribution in [-0.2, 0) is 14.4 Å². The van der Waals surface area contributed by atoms with Crippen molar-refractivity contribution in [1.29, 1.82) is 0 Å². The van der Waals surface area contributed by atoms with Crippen molar-refractivity contribution in [2.75, 3.05) is 20.4 Å². The molecule has 1 heterocycles. The molecule has 2 atom stereocenters. The van der Waals surface area contributed by atoms with Gasteiger partial charge in [-0.05, 0) is 50.1 Å². The largest absolute Gasteiger partial charge is 0.494 e. The van der Waals surface area contributed by atoms with E-state index in [-0.39, 0.29) is 23.6 Å². The SMILES string of the molecule is CCCCCC(C(=O)NCNC(=O)c1ccc(-c2cc(OCC)cc(P(O)O)c2)o1)C(CC)N(C=O)OC. The molecule has 0 fully saturated rings. The van der Waals surface area contributed by atoms with Gasteiger partial charge in [0.25, 0.3) is 5.91 Å². The monoisotopic (exact) mass is 551 g/mol. The predicted molar refractivity (Wildman–Crippen MR) is 143 cm³/mol. The van der Waals surface area contributed by atoms with Crippen LogP contribution in [0.25, 0.3) is 11.3 Å². The fourth-order valence-electron chi connectivity index (χ4n) is 4.15. The highest BCUT2D eigenvalue weighted by molar-refractivity contribution is 7.54. The van der Waals surface area contributed by atoms with Gasteiger partial charge in [-0.3, -0.25) is 19.2 Å². The Kier molecular flexibility index (Phi) is 13.2. The van der Waals surface area contributed by atoms with Gasteiger partial charge < -0.3 is 29.6 Å². The van der Waals surface area contributed by atoms with E-state index >= 15 is 0 Å². The molecule has 12 heteroatoms. The quantitative estimate of drug-likeness (QED) is 0.0770. The maximum atomic E-state index is 13.0. The lowest BCUT2D eigenvalue weighted by atomic mass is 9.90. The molecule has 2 unspecified atom stereocenters. The zero-order valence-corrected chi connectivity index (χ0v) is 23.2. The van der Waals surface area contributed by atoms with Crippen molar-refractivity contribution in [1.82, 2.24) is 15.7 Å². The Morgan fingerprint density at radius 1 is 1.13 bits per heavy atom. The molecule has 0 saturated carbocycles. The van der Waals surface area contributed by atoms with Crippen molar-refractivity contribution in [3.05, 3.63) is 36.1 Å². The number of hydrogen-bond acceptors (Lipinski definition) is 8. The highest BCUT2D eigenvalue weighted by atomic mass is 31.2. The summed E-state index contributed by atoms with van der Waals surface area (Å²) >= 11 is 0. The van der Waals surface area contributed by atoms with Gasteiger partial charge in [-0.25, -0.2) is 5.06 Å². The Morgan fingerprint density at radius 2 is 1.89 bits per heavy atom. The molecule has 0 radical (unpaired) electrons. The summed E-state index contributed by atoms with van der Waals surface area (Å²) < 4.78 is 11.2. The van der Waals surface area contributed by atoms with Crippen LogP contribution in [0.2, 0.25) is 0 Å². The number of nitrogens with one attached hydrogen (secondary N) is 2. The Balaban J connectivity index is 2.06. The third kappa shape index (κ3) is 8.80. The lowest BCUT2D eigenvalue weighted by Gasteiger charge is -2.31. The number of amides is 3. The fourth-order valence-corrected chi connectivity index (χ4v) is 4.64. The molecule has 0 aliphatic heterocycles. The van der Waals surface area contributed by atoms with Gasteiger partial charge in [0.15, 0.2) is 14.1 Å². The lowest BCUT2D eigenvalue weighted by molar-refractivity contribution is -0.181. The van der Waals surface area contributed by atoms with Crippen LogP contribution in [0.15, 0.2) is 34.7 Å². The fraction of sp³-hybridized carbons (Fsp3) is 0.500. The van der Waals surface area contributed by atoms with Crippen molar-refractivity contribution in [2.24, 2.45) is 5.92 Å². The second-order valence-corrected chi connectivity index (χ2v) is 9.65. The van der Waals surface area contributed by atoms with Crippen LogP contribution in [0, 0.1) is 5.92 Å². The molecule has 0 spiro atoms. The second kappa shape index (κ2) is 16.1. The molecular formula is C26H38N3O8P. The van der Waals surface area contributed by atoms with E-state index in [4.69, 9.17) is 14.0 Å². The van der Waals surface area contributed by atoms with Crippen LogP contribution in [0.5, 0.6) is 5.75 Å². The van der Waals surface area contributed by atoms with E-state index in [1.165, 1.54) is 19.2 Å². The summed E-state index contributed by atoms with van der Waals surface area (Å²) in [6, 6.07) is 7.42. The topological polar surface area (TPSA) is 151 Å². The molecule has 4 N–H and O–H groups in total. The minimum atomic E-state index is -2.34. The van der Waals surface area contributed by atoms with Crippen molar-refractivity contribution in [3.63, 3.8) is 0 Å². The highest BCUT2D eigenvalue weighted by Gasteiger charge is 2.31. The van der Waals surface area contributed by atoms with Gasteiger partial charge in [0.05, 0.1) is 32.3 Å². The van der Waals surface area contributed by atoms with Crippen LogP contribution in [0.4, 0.5) is 0 Å². The number of unbranched alkanes of at least 4 members (excludes halogenated alkanes) is 2. The Hall–Kier alpha value is -2.98. The number of carbonyl (C=O) groups is 3. The third-order valence-corrected chi connectivity index (χ3v) is 6.76. The highest BCUT2D eigenvalue weighted by Crippen LogP contribution is 2.31. The van der Waals surface area contributed by atoms with E-state index in [1.54, 1.807) is 18.2 Å². The van der Waals surface area contributed by atoms with Crippen molar-refractivity contribution in [2.45, 2.75) is 58.9 Å². The van der Waals surface area contributed by atoms with Gasteiger partial charge in [-0.1, -0.05) is 33.1 Å². The smallest absolute Gasteiger partial charge is 0.288 e. The molecule has 0 aliphatic rings. The molecule has 0 bridgehead atoms. The van der Waals surface area contributed by atoms with Crippen LogP contribution in [0.1, 0.15) is 63.4 Å². The van der Waals surface area contributed by atoms with Crippen molar-refractivity contribution in [3.8, 4) is 17.1 Å². The normalized spacial score (nSPS) is 12.6. The predicted octanol–water partition coefficient (Wildman–Crippen LogP) is 3.07. The van der Waals surface area contributed by atoms with Crippen LogP contribution >= 0.6 is 8.38 Å². The number of hydrogen-bond donors (Lipinski definition) is 4. The van der Waals surface area contributed by atoms with E-state index in [0.29, 0.717) is 42.9 Å². The summed E-state index contributed by atoms with van der Waals surface area (Å²) in [5, 5.41) is 6.78. The first kappa shape index (κ1) is 31.2. The molecule has 11 nitrogen and oxygen atoms in total. The molecule has 0 saturated heterocycles. The molecule has 2 aromatic rings. The van der Waals surface area contributed by atoms with E-state index in [0.717, 1.165) is 24.3 Å². The van der Waals surface area contributed by atoms with Crippen molar-refractivity contribution >= 4 is 31.9 Å². The molecule has 1 aromatic carbocycles. The Bertz CT molecular complexity index is 1050. The van der Waals surface area contributed by atoms with Crippen molar-refractivity contribution < 1.29 is 38.2 Å². The van der Waals surface area contributed by atoms with Gasteiger partial charge in [0.1, 0.15) is 11.5 Å². The first-order chi connectivity index (χ1) is 18.3. The van der Waals surface area contributed by atoms with Crippen LogP contribution in [-0.4, -0.2) is 59.5 Å². The Labute approximate surface area is 224 Å². The second-order valence-electron chi connectivity index (χ2n) is 8.55. The maximum Gasteiger partial charge on any atom is 0.288 e. The van der Waals surface area contributed by atoms with E-state index < -0.39 is 26.2 Å². The summed E-state index contributed by atoms with van der Waals surface area (Å²) in [5.41, 5.74) is 0.521. The van der Waals surface area contributed by atoms with E-state index in [9.17, 15) is 24.2 Å². The van der Waals surface area contributed by atoms with Crippen LogP contribution < -0.4 is 20.7 Å². The third-order valence-electron chi connectivity index (χ3n) is 6.04. The molecule has 210 valence electrons. The standard InChI is InChI=1S/C26H38N3O8P/c1-5-8-9-10-21(22(6-2)29(17-30)35-4)25(31)27-16-28-26(32)24-12-11-23(37-24)18-13-19(36-7-3)15-20(14-18)38(33)34/h11-15,17,21-22,33-34H,5-10,16H2,1-4H3,(H,27,31)(H,28,32). The van der Waals surface area contributed by atoms with E-state index in [1.807, 2.05) is 13.8 Å². The molecule has 0 aliphatic carbocycles. The zero-order valence-electron chi connectivity index (χ0n) is 22.3. The first-order valence-corrected chi connectivity index (χ1v) is 13.9. The molecule has 2 rings (SSSR count). The summed E-state index contributed by atoms with van der Waals surface area (Å²) in [6.45, 7) is 6.02. The lowest BCUT2D eigenvalue weighted by Crippen LogP contribution is -2.48. The summed E-state index contributed by atoms with van der Waals surface area (Å²) in [7, 11) is -0.959. The number of nitrogens with zero attached hydrogens (tertiary/aromatic N) is 1. The molecule has 3 amide bonds. The molecular weight excluding hydrogens is 513 g/mol. The van der Waals surface area contributed by atoms with Gasteiger partial charge in [0, 0.05) is 10.9 Å². The first-order valence-electron chi connectivity index (χ1n) is 12.7. The average Bonchev–Trinajstić information content (AvgIpc) is 3.41. The number of benzene rings is 1. The summed E-state index contributed by atoms with van der Waals surface area (Å²) in [4.78, 5) is 61.5. The van der Waals surface area contributed by atoms with Gasteiger partial charge in [-0.15, -0.1) is 0 Å². The number of ether oxygens (including phenoxy) is 1. The number of carbonyl (C=O) groups excluding carboxylic acids is 3. The zero-order chi connectivity index (χ0) is 28.1. The Morgan fingerprint density at radius 3 is 2.50 bits per heavy atom. The van der Waals surface area contributed by atoms with Gasteiger partial charge in [-0.2, -0.15) is 0 Å². The number of rotatable bonds is 17. The minimum Gasteiger partial charge on any atom is -0.494 e. The van der Waals surface area contributed by atoms with Gasteiger partial charge >= 0.3 is 0 Å². The summed E-state index contributed by atoms with van der Waals surface area (Å²) in [6.07, 6.45) is 4.45. The van der Waals surface area contributed by atoms with Crippen LogP contribution in [0.3, 0.4) is 0 Å². The number of furan rings is 1. The minimum absolute atomic E-state index is 0.0188. The number of hydroxylamine groups is 2. The maximum absolute atomic E-state index is 13.0. The molecule has 1 aromatic heterocycles. The van der Waals surface area contributed by atoms with Gasteiger partial charge in [0.2, 0.25) is 12.3 Å². The summed E-state index contributed by atoms with van der Waals surface area (Å²) in [5.74, 6) is -0.521. The molecule has 38 heavy (non-hydrogen) atoms. The average molecular weight is 552 g/mol. The van der Waals surface area contributed by atoms with E-state index in [2.05, 4.69) is 17.6 Å².